The van der Waals surface area contributed by atoms with Crippen molar-refractivity contribution in [2.24, 2.45) is 0 Å². The summed E-state index contributed by atoms with van der Waals surface area (Å²) in [5.41, 5.74) is 2.20. The van der Waals surface area contributed by atoms with Gasteiger partial charge in [0.15, 0.2) is 0 Å². The Hall–Kier alpha value is -0.540. The molecule has 0 spiro atoms. The van der Waals surface area contributed by atoms with Crippen molar-refractivity contribution in [3.8, 4) is 0 Å². The molecule has 2 rings (SSSR count). The van der Waals surface area contributed by atoms with E-state index in [9.17, 15) is 5.11 Å². The molecule has 1 aromatic carbocycles. The van der Waals surface area contributed by atoms with Gasteiger partial charge in [0.1, 0.15) is 0 Å². The summed E-state index contributed by atoms with van der Waals surface area (Å²) in [7, 11) is 0. The third kappa shape index (κ3) is 2.25. The number of rotatable bonds is 2. The molecule has 1 fully saturated rings. The molecule has 1 aliphatic rings. The largest absolute Gasteiger partial charge is 0.389 e. The van der Waals surface area contributed by atoms with Gasteiger partial charge in [-0.3, -0.25) is 0 Å². The van der Waals surface area contributed by atoms with Gasteiger partial charge in [0.25, 0.3) is 0 Å². The molecule has 2 unspecified atom stereocenters. The number of hydrogen-bond donors (Lipinski definition) is 1. The highest BCUT2D eigenvalue weighted by Crippen LogP contribution is 2.33. The quantitative estimate of drug-likeness (QED) is 0.898. The first kappa shape index (κ1) is 11.9. The highest BCUT2D eigenvalue weighted by molar-refractivity contribution is 9.10. The predicted molar refractivity (Wildman–Crippen MR) is 70.8 cm³/mol. The van der Waals surface area contributed by atoms with E-state index in [2.05, 4.69) is 33.8 Å². The molecule has 1 heterocycles. The molecule has 0 amide bonds. The molecular formula is C13H18BrNO. The van der Waals surface area contributed by atoms with Crippen LogP contribution < -0.4 is 4.90 Å². The second kappa shape index (κ2) is 4.76. The molecule has 1 aromatic rings. The second-order valence-corrected chi connectivity index (χ2v) is 5.48. The number of halogens is 1. The van der Waals surface area contributed by atoms with Crippen LogP contribution in [0.5, 0.6) is 0 Å². The van der Waals surface area contributed by atoms with Crippen LogP contribution in [0, 0.1) is 0 Å². The van der Waals surface area contributed by atoms with Gasteiger partial charge in [-0.15, -0.1) is 0 Å². The summed E-state index contributed by atoms with van der Waals surface area (Å²) in [5, 5.41) is 9.83. The van der Waals surface area contributed by atoms with Gasteiger partial charge < -0.3 is 10.0 Å². The number of benzene rings is 1. The summed E-state index contributed by atoms with van der Waals surface area (Å²) in [6.07, 6.45) is 2.08. The van der Waals surface area contributed by atoms with Crippen molar-refractivity contribution in [3.63, 3.8) is 0 Å². The van der Waals surface area contributed by atoms with E-state index in [1.807, 2.05) is 19.1 Å². The Morgan fingerprint density at radius 1 is 1.50 bits per heavy atom. The van der Waals surface area contributed by atoms with E-state index in [0.29, 0.717) is 6.04 Å². The first-order valence-corrected chi connectivity index (χ1v) is 6.63. The average molecular weight is 284 g/mol. The Bertz CT molecular complexity index is 378. The first-order valence-electron chi connectivity index (χ1n) is 5.83. The van der Waals surface area contributed by atoms with Crippen LogP contribution in [0.1, 0.15) is 38.4 Å². The van der Waals surface area contributed by atoms with Gasteiger partial charge in [-0.05, 0) is 44.9 Å². The van der Waals surface area contributed by atoms with Crippen LogP contribution in [-0.2, 0) is 0 Å². The van der Waals surface area contributed by atoms with Crippen molar-refractivity contribution in [2.45, 2.75) is 38.8 Å². The zero-order chi connectivity index (χ0) is 11.7. The lowest BCUT2D eigenvalue weighted by molar-refractivity contribution is 0.199. The van der Waals surface area contributed by atoms with Crippen molar-refractivity contribution < 1.29 is 5.11 Å². The minimum absolute atomic E-state index is 0.416. The average Bonchev–Trinajstić information content (AvgIpc) is 2.64. The van der Waals surface area contributed by atoms with E-state index < -0.39 is 6.10 Å². The molecule has 1 saturated heterocycles. The second-order valence-electron chi connectivity index (χ2n) is 4.56. The van der Waals surface area contributed by atoms with Gasteiger partial charge in [-0.1, -0.05) is 15.9 Å². The lowest BCUT2D eigenvalue weighted by atomic mass is 10.1. The van der Waals surface area contributed by atoms with Crippen molar-refractivity contribution in [2.75, 3.05) is 11.4 Å². The number of hydrogen-bond acceptors (Lipinski definition) is 2. The normalized spacial score (nSPS) is 22.5. The maximum Gasteiger partial charge on any atom is 0.0782 e. The minimum atomic E-state index is -0.416. The molecule has 0 saturated carbocycles. The number of nitrogens with zero attached hydrogens (tertiary/aromatic N) is 1. The SMILES string of the molecule is CC(O)c1cc(Br)ccc1N1CCCC1C. The topological polar surface area (TPSA) is 23.5 Å². The van der Waals surface area contributed by atoms with Crippen LogP contribution in [0.3, 0.4) is 0 Å². The first-order chi connectivity index (χ1) is 7.59. The Kier molecular flexibility index (Phi) is 3.55. The van der Waals surface area contributed by atoms with Crippen LogP contribution >= 0.6 is 15.9 Å². The smallest absolute Gasteiger partial charge is 0.0782 e. The van der Waals surface area contributed by atoms with Crippen LogP contribution in [0.15, 0.2) is 22.7 Å². The lowest BCUT2D eigenvalue weighted by Crippen LogP contribution is -2.27. The van der Waals surface area contributed by atoms with E-state index in [-0.39, 0.29) is 0 Å². The van der Waals surface area contributed by atoms with Gasteiger partial charge >= 0.3 is 0 Å². The Morgan fingerprint density at radius 3 is 2.81 bits per heavy atom. The Balaban J connectivity index is 2.39. The summed E-state index contributed by atoms with van der Waals surface area (Å²) >= 11 is 3.46. The molecule has 1 aliphatic heterocycles. The summed E-state index contributed by atoms with van der Waals surface area (Å²) in [5.74, 6) is 0. The van der Waals surface area contributed by atoms with Gasteiger partial charge in [0, 0.05) is 28.3 Å². The predicted octanol–water partition coefficient (Wildman–Crippen LogP) is 3.49. The molecule has 2 atom stereocenters. The fourth-order valence-electron chi connectivity index (χ4n) is 2.41. The molecule has 2 nitrogen and oxygen atoms in total. The van der Waals surface area contributed by atoms with Crippen LogP contribution in [0.2, 0.25) is 0 Å². The molecule has 0 radical (unpaired) electrons. The fraction of sp³-hybridized carbons (Fsp3) is 0.538. The van der Waals surface area contributed by atoms with Gasteiger partial charge in [-0.25, -0.2) is 0 Å². The highest BCUT2D eigenvalue weighted by Gasteiger charge is 2.23. The molecular weight excluding hydrogens is 266 g/mol. The van der Waals surface area contributed by atoms with Crippen molar-refractivity contribution in [3.05, 3.63) is 28.2 Å². The number of aliphatic hydroxyl groups excluding tert-OH is 1. The Labute approximate surface area is 105 Å². The van der Waals surface area contributed by atoms with Gasteiger partial charge in [0.05, 0.1) is 6.10 Å². The standard InChI is InChI=1S/C13H18BrNO/c1-9-4-3-7-15(9)13-6-5-11(14)8-12(13)10(2)16/h5-6,8-10,16H,3-4,7H2,1-2H3. The number of anilines is 1. The monoisotopic (exact) mass is 283 g/mol. The summed E-state index contributed by atoms with van der Waals surface area (Å²) in [6.45, 7) is 5.18. The molecule has 0 bridgehead atoms. The van der Waals surface area contributed by atoms with Crippen molar-refractivity contribution in [1.82, 2.24) is 0 Å². The number of aliphatic hydroxyl groups is 1. The summed E-state index contributed by atoms with van der Waals surface area (Å²) < 4.78 is 1.03. The summed E-state index contributed by atoms with van der Waals surface area (Å²) in [4.78, 5) is 2.40. The maximum absolute atomic E-state index is 9.83. The fourth-order valence-corrected chi connectivity index (χ4v) is 2.79. The zero-order valence-corrected chi connectivity index (χ0v) is 11.4. The van der Waals surface area contributed by atoms with Crippen molar-refractivity contribution in [1.29, 1.82) is 0 Å². The van der Waals surface area contributed by atoms with E-state index >= 15 is 0 Å². The van der Waals surface area contributed by atoms with E-state index in [4.69, 9.17) is 0 Å². The minimum Gasteiger partial charge on any atom is -0.389 e. The van der Waals surface area contributed by atoms with E-state index in [1.54, 1.807) is 0 Å². The Morgan fingerprint density at radius 2 is 2.25 bits per heavy atom. The molecule has 1 N–H and O–H groups in total. The van der Waals surface area contributed by atoms with Gasteiger partial charge in [0.2, 0.25) is 0 Å². The van der Waals surface area contributed by atoms with Crippen LogP contribution in [0.25, 0.3) is 0 Å². The third-order valence-electron chi connectivity index (χ3n) is 3.30. The molecule has 16 heavy (non-hydrogen) atoms. The van der Waals surface area contributed by atoms with Crippen molar-refractivity contribution >= 4 is 21.6 Å². The molecule has 88 valence electrons. The molecule has 0 aliphatic carbocycles. The van der Waals surface area contributed by atoms with E-state index in [0.717, 1.165) is 16.6 Å². The van der Waals surface area contributed by atoms with Crippen LogP contribution in [-0.4, -0.2) is 17.7 Å². The summed E-state index contributed by atoms with van der Waals surface area (Å²) in [6, 6.07) is 6.75. The van der Waals surface area contributed by atoms with Crippen LogP contribution in [0.4, 0.5) is 5.69 Å². The van der Waals surface area contributed by atoms with E-state index in [1.165, 1.54) is 18.5 Å². The van der Waals surface area contributed by atoms with Gasteiger partial charge in [-0.2, -0.15) is 0 Å². The molecule has 3 heteroatoms. The zero-order valence-electron chi connectivity index (χ0n) is 9.78. The highest BCUT2D eigenvalue weighted by atomic mass is 79.9. The third-order valence-corrected chi connectivity index (χ3v) is 3.80. The lowest BCUT2D eigenvalue weighted by Gasteiger charge is -2.27. The maximum atomic E-state index is 9.83. The molecule has 0 aromatic heterocycles.